The number of hydrogen-bond donors (Lipinski definition) is 3. The van der Waals surface area contributed by atoms with Gasteiger partial charge in [-0.2, -0.15) is 0 Å². The average molecular weight is 442 g/mol. The third-order valence-corrected chi connectivity index (χ3v) is 5.08. The number of hydrazine groups is 1. The molecule has 1 aromatic heterocycles. The van der Waals surface area contributed by atoms with Crippen LogP contribution < -0.4 is 21.6 Å². The van der Waals surface area contributed by atoms with E-state index in [9.17, 15) is 13.6 Å². The number of nitrogens with two attached hydrogens (primary N) is 2. The number of amides is 1. The molecule has 1 fully saturated rings. The smallest absolute Gasteiger partial charge is 0.407 e. The molecular formula is C21H33F2N5O3. The van der Waals surface area contributed by atoms with Crippen molar-refractivity contribution in [1.29, 1.82) is 0 Å². The Morgan fingerprint density at radius 3 is 2.65 bits per heavy atom. The number of carbonyl (C=O) groups excluding carboxylic acids is 1. The lowest BCUT2D eigenvalue weighted by atomic mass is 9.98. The number of unbranched alkanes of at least 4 members (excludes halogenated alkanes) is 1. The van der Waals surface area contributed by atoms with Crippen molar-refractivity contribution >= 4 is 11.8 Å². The number of likely N-dealkylation sites (N-methyl/N-ethyl adjacent to an activating group) is 1. The maximum atomic E-state index is 13.7. The van der Waals surface area contributed by atoms with Gasteiger partial charge in [0.1, 0.15) is 11.4 Å². The Bertz CT molecular complexity index is 753. The number of rotatable bonds is 10. The second-order valence-corrected chi connectivity index (χ2v) is 7.57. The standard InChI is InChI=1S/C21H33F2N5O3/c1-3-4-12-30-21(29)26-13-16(28(2)25)18(24)15-10-11-17(19(27-15)20(22)23)31-14-8-6-5-7-9-14/h10-11,14,20H,3-9,12-13,24-25H2,1-2H3,(H,26,29)/b18-16-. The van der Waals surface area contributed by atoms with Gasteiger partial charge in [0.25, 0.3) is 6.43 Å². The molecule has 1 amide bonds. The van der Waals surface area contributed by atoms with Gasteiger partial charge < -0.3 is 25.5 Å². The number of aromatic nitrogens is 1. The number of halogens is 2. The van der Waals surface area contributed by atoms with Crippen LogP contribution in [0.15, 0.2) is 17.8 Å². The zero-order valence-electron chi connectivity index (χ0n) is 18.2. The number of nitrogens with one attached hydrogen (secondary N) is 1. The predicted octanol–water partition coefficient (Wildman–Crippen LogP) is 3.69. The van der Waals surface area contributed by atoms with E-state index in [1.165, 1.54) is 24.2 Å². The fourth-order valence-corrected chi connectivity index (χ4v) is 3.30. The highest BCUT2D eigenvalue weighted by atomic mass is 19.3. The van der Waals surface area contributed by atoms with Gasteiger partial charge in [-0.25, -0.2) is 24.4 Å². The van der Waals surface area contributed by atoms with E-state index in [0.717, 1.165) is 44.9 Å². The van der Waals surface area contributed by atoms with E-state index in [0.29, 0.717) is 12.3 Å². The first-order valence-electron chi connectivity index (χ1n) is 10.7. The van der Waals surface area contributed by atoms with Gasteiger partial charge in [-0.3, -0.25) is 0 Å². The lowest BCUT2D eigenvalue weighted by Crippen LogP contribution is -2.36. The molecule has 1 aromatic rings. The second-order valence-electron chi connectivity index (χ2n) is 7.57. The molecule has 0 aliphatic heterocycles. The third kappa shape index (κ3) is 7.54. The number of pyridine rings is 1. The van der Waals surface area contributed by atoms with Crippen molar-refractivity contribution in [2.45, 2.75) is 64.4 Å². The van der Waals surface area contributed by atoms with Crippen molar-refractivity contribution in [3.05, 3.63) is 29.2 Å². The number of alkyl carbamates (subject to hydrolysis) is 1. The van der Waals surface area contributed by atoms with Crippen LogP contribution in [0.2, 0.25) is 0 Å². The molecule has 5 N–H and O–H groups in total. The van der Waals surface area contributed by atoms with E-state index in [2.05, 4.69) is 10.3 Å². The largest absolute Gasteiger partial charge is 0.488 e. The summed E-state index contributed by atoms with van der Waals surface area (Å²) in [5.41, 5.74) is 6.21. The zero-order chi connectivity index (χ0) is 22.8. The summed E-state index contributed by atoms with van der Waals surface area (Å²) in [5, 5.41) is 3.76. The van der Waals surface area contributed by atoms with E-state index in [1.807, 2.05) is 6.92 Å². The van der Waals surface area contributed by atoms with Crippen LogP contribution in [0.1, 0.15) is 69.7 Å². The lowest BCUT2D eigenvalue weighted by molar-refractivity contribution is 0.120. The summed E-state index contributed by atoms with van der Waals surface area (Å²) in [7, 11) is 1.53. The normalized spacial score (nSPS) is 15.4. The Kier molecular flexibility index (Phi) is 9.77. The van der Waals surface area contributed by atoms with Crippen LogP contribution in [-0.4, -0.2) is 42.4 Å². The van der Waals surface area contributed by atoms with E-state index < -0.39 is 18.2 Å². The van der Waals surface area contributed by atoms with Crippen molar-refractivity contribution in [2.75, 3.05) is 20.2 Å². The lowest BCUT2D eigenvalue weighted by Gasteiger charge is -2.24. The molecule has 1 saturated carbocycles. The summed E-state index contributed by atoms with van der Waals surface area (Å²) in [4.78, 5) is 15.8. The van der Waals surface area contributed by atoms with Gasteiger partial charge in [-0.1, -0.05) is 19.8 Å². The first-order valence-corrected chi connectivity index (χ1v) is 10.7. The quantitative estimate of drug-likeness (QED) is 0.288. The van der Waals surface area contributed by atoms with Crippen LogP contribution in [0.4, 0.5) is 13.6 Å². The molecule has 2 rings (SSSR count). The Hall–Kier alpha value is -2.62. The number of carbonyl (C=O) groups is 1. The van der Waals surface area contributed by atoms with Gasteiger partial charge in [0.2, 0.25) is 0 Å². The molecule has 0 radical (unpaired) electrons. The first kappa shape index (κ1) is 24.6. The van der Waals surface area contributed by atoms with Crippen LogP contribution in [0.3, 0.4) is 0 Å². The van der Waals surface area contributed by atoms with Gasteiger partial charge in [0.15, 0.2) is 0 Å². The number of alkyl halides is 2. The minimum atomic E-state index is -2.82. The molecule has 0 unspecified atom stereocenters. The van der Waals surface area contributed by atoms with E-state index in [1.54, 1.807) is 0 Å². The van der Waals surface area contributed by atoms with Crippen molar-refractivity contribution in [2.24, 2.45) is 11.6 Å². The Morgan fingerprint density at radius 2 is 2.03 bits per heavy atom. The molecule has 10 heteroatoms. The average Bonchev–Trinajstić information content (AvgIpc) is 2.74. The van der Waals surface area contributed by atoms with Gasteiger partial charge in [0.05, 0.1) is 36.3 Å². The van der Waals surface area contributed by atoms with Crippen molar-refractivity contribution in [3.8, 4) is 5.75 Å². The molecule has 8 nitrogen and oxygen atoms in total. The molecule has 0 atom stereocenters. The molecule has 31 heavy (non-hydrogen) atoms. The number of hydrogen-bond acceptors (Lipinski definition) is 7. The van der Waals surface area contributed by atoms with Crippen molar-refractivity contribution in [1.82, 2.24) is 15.3 Å². The maximum Gasteiger partial charge on any atom is 0.407 e. The molecule has 174 valence electrons. The van der Waals surface area contributed by atoms with Crippen LogP contribution in [0.25, 0.3) is 5.70 Å². The second kappa shape index (κ2) is 12.3. The van der Waals surface area contributed by atoms with Gasteiger partial charge in [-0.05, 0) is 44.2 Å². The molecule has 1 aliphatic carbocycles. The first-order chi connectivity index (χ1) is 14.8. The summed E-state index contributed by atoms with van der Waals surface area (Å²) < 4.78 is 38.2. The summed E-state index contributed by atoms with van der Waals surface area (Å²) in [6, 6.07) is 2.98. The van der Waals surface area contributed by atoms with Crippen LogP contribution in [0.5, 0.6) is 5.75 Å². The van der Waals surface area contributed by atoms with Gasteiger partial charge in [-0.15, -0.1) is 0 Å². The SMILES string of the molecule is CCCCOC(=O)NC/C(=C(/N)c1ccc(OC2CCCCC2)c(C(F)F)n1)N(C)N. The van der Waals surface area contributed by atoms with Gasteiger partial charge in [0, 0.05) is 7.05 Å². The third-order valence-electron chi connectivity index (χ3n) is 5.08. The van der Waals surface area contributed by atoms with Crippen LogP contribution >= 0.6 is 0 Å². The summed E-state index contributed by atoms with van der Waals surface area (Å²) >= 11 is 0. The highest BCUT2D eigenvalue weighted by Gasteiger charge is 2.23. The molecule has 0 bridgehead atoms. The molecular weight excluding hydrogens is 408 g/mol. The summed E-state index contributed by atoms with van der Waals surface area (Å²) in [6.07, 6.45) is 3.00. The van der Waals surface area contributed by atoms with E-state index in [-0.39, 0.29) is 29.8 Å². The molecule has 0 aromatic carbocycles. The molecule has 0 spiro atoms. The highest BCUT2D eigenvalue weighted by Crippen LogP contribution is 2.32. The number of nitrogens with zero attached hydrogens (tertiary/aromatic N) is 2. The van der Waals surface area contributed by atoms with Crippen LogP contribution in [0, 0.1) is 0 Å². The zero-order valence-corrected chi connectivity index (χ0v) is 18.2. The monoisotopic (exact) mass is 441 g/mol. The number of ether oxygens (including phenoxy) is 2. The summed E-state index contributed by atoms with van der Waals surface area (Å²) in [6.45, 7) is 2.24. The minimum absolute atomic E-state index is 0.0458. The fourth-order valence-electron chi connectivity index (χ4n) is 3.30. The summed E-state index contributed by atoms with van der Waals surface area (Å²) in [5.74, 6) is 5.91. The van der Waals surface area contributed by atoms with E-state index in [4.69, 9.17) is 21.1 Å². The van der Waals surface area contributed by atoms with Gasteiger partial charge >= 0.3 is 6.09 Å². The molecule has 1 heterocycles. The predicted molar refractivity (Wildman–Crippen MR) is 114 cm³/mol. The van der Waals surface area contributed by atoms with Crippen molar-refractivity contribution < 1.29 is 23.0 Å². The molecule has 1 aliphatic rings. The topological polar surface area (TPSA) is 116 Å². The van der Waals surface area contributed by atoms with E-state index >= 15 is 0 Å². The molecule has 0 saturated heterocycles. The Morgan fingerprint density at radius 1 is 1.32 bits per heavy atom. The maximum absolute atomic E-state index is 13.7. The van der Waals surface area contributed by atoms with Crippen LogP contribution in [-0.2, 0) is 4.74 Å². The van der Waals surface area contributed by atoms with Crippen molar-refractivity contribution in [3.63, 3.8) is 0 Å². The Labute approximate surface area is 181 Å². The fraction of sp³-hybridized carbons (Fsp3) is 0.619. The highest BCUT2D eigenvalue weighted by molar-refractivity contribution is 5.69. The Balaban J connectivity index is 2.18. The minimum Gasteiger partial charge on any atom is -0.488 e.